The van der Waals surface area contributed by atoms with Crippen LogP contribution in [0.3, 0.4) is 0 Å². The molecule has 0 bridgehead atoms. The third-order valence-electron chi connectivity index (χ3n) is 1.59. The molecule has 0 aromatic rings. The number of rotatable bonds is 7. The Morgan fingerprint density at radius 3 is 2.43 bits per heavy atom. The molecule has 0 aromatic heterocycles. The molecule has 0 aromatic carbocycles. The van der Waals surface area contributed by atoms with Gasteiger partial charge in [-0.1, -0.05) is 13.3 Å². The lowest BCUT2D eigenvalue weighted by Gasteiger charge is -2.14. The summed E-state index contributed by atoms with van der Waals surface area (Å²) in [6.45, 7) is 6.75. The van der Waals surface area contributed by atoms with Gasteiger partial charge in [-0.05, 0) is 20.3 Å². The number of hydrogen-bond acceptors (Lipinski definition) is 3. The summed E-state index contributed by atoms with van der Waals surface area (Å²) in [5, 5.41) is 0. The van der Waals surface area contributed by atoms with Crippen LogP contribution < -0.4 is 0 Å². The van der Waals surface area contributed by atoms with Gasteiger partial charge < -0.3 is 9.47 Å². The second-order valence-corrected chi connectivity index (χ2v) is 4.52. The van der Waals surface area contributed by atoms with Gasteiger partial charge in [-0.2, -0.15) is 0 Å². The molecule has 0 spiro atoms. The van der Waals surface area contributed by atoms with Crippen LogP contribution in [-0.2, 0) is 14.3 Å². The predicted molar refractivity (Wildman–Crippen MR) is 56.6 cm³/mol. The molecule has 0 saturated heterocycles. The van der Waals surface area contributed by atoms with Gasteiger partial charge in [-0.3, -0.25) is 4.79 Å². The van der Waals surface area contributed by atoms with Crippen molar-refractivity contribution >= 4 is 17.6 Å². The molecule has 14 heavy (non-hydrogen) atoms. The van der Waals surface area contributed by atoms with E-state index in [0.29, 0.717) is 6.61 Å². The molecule has 84 valence electrons. The summed E-state index contributed by atoms with van der Waals surface area (Å²) < 4.78 is 10.1. The molecule has 3 nitrogen and oxygen atoms in total. The Morgan fingerprint density at radius 1 is 1.29 bits per heavy atom. The quantitative estimate of drug-likeness (QED) is 0.377. The Morgan fingerprint density at radius 2 is 1.93 bits per heavy atom. The average molecular weight is 223 g/mol. The maximum absolute atomic E-state index is 11.1. The second-order valence-electron chi connectivity index (χ2n) is 3.57. The molecule has 0 amide bonds. The summed E-state index contributed by atoms with van der Waals surface area (Å²) in [6.07, 6.45) is 2.14. The number of unbranched alkanes of at least 4 members (excludes halogenated alkanes) is 1. The van der Waals surface area contributed by atoms with E-state index >= 15 is 0 Å². The number of alkyl halides is 1. The lowest BCUT2D eigenvalue weighted by atomic mass is 10.2. The van der Waals surface area contributed by atoms with Crippen molar-refractivity contribution in [2.75, 3.05) is 19.8 Å². The first-order valence-corrected chi connectivity index (χ1v) is 5.30. The minimum absolute atomic E-state index is 0.276. The zero-order valence-electron chi connectivity index (χ0n) is 9.14. The molecule has 0 rings (SSSR count). The van der Waals surface area contributed by atoms with Crippen molar-refractivity contribution in [3.8, 4) is 0 Å². The Balaban J connectivity index is 3.33. The molecule has 4 heteroatoms. The van der Waals surface area contributed by atoms with Gasteiger partial charge >= 0.3 is 5.97 Å². The summed E-state index contributed by atoms with van der Waals surface area (Å²) in [6, 6.07) is 0. The molecular weight excluding hydrogens is 204 g/mol. The minimum Gasteiger partial charge on any atom is -0.462 e. The van der Waals surface area contributed by atoms with Gasteiger partial charge in [0.1, 0.15) is 11.5 Å². The lowest BCUT2D eigenvalue weighted by molar-refractivity contribution is -0.147. The van der Waals surface area contributed by atoms with Gasteiger partial charge in [0.25, 0.3) is 0 Å². The first-order valence-electron chi connectivity index (χ1n) is 4.92. The highest BCUT2D eigenvalue weighted by molar-refractivity contribution is 6.33. The van der Waals surface area contributed by atoms with E-state index in [1.54, 1.807) is 13.8 Å². The Bertz CT molecular complexity index is 163. The Hall–Kier alpha value is -0.280. The fraction of sp³-hybridized carbons (Fsp3) is 0.900. The summed E-state index contributed by atoms with van der Waals surface area (Å²) in [4.78, 5) is 10.2. The van der Waals surface area contributed by atoms with Crippen LogP contribution in [0.1, 0.15) is 33.6 Å². The highest BCUT2D eigenvalue weighted by atomic mass is 35.5. The average Bonchev–Trinajstić information content (AvgIpc) is 2.09. The van der Waals surface area contributed by atoms with E-state index in [9.17, 15) is 4.79 Å². The van der Waals surface area contributed by atoms with E-state index in [-0.39, 0.29) is 6.61 Å². The molecule has 0 aliphatic carbocycles. The lowest BCUT2D eigenvalue weighted by Crippen LogP contribution is -2.28. The number of esters is 1. The van der Waals surface area contributed by atoms with E-state index in [1.807, 2.05) is 0 Å². The van der Waals surface area contributed by atoms with E-state index in [4.69, 9.17) is 21.1 Å². The minimum atomic E-state index is -0.941. The van der Waals surface area contributed by atoms with E-state index in [2.05, 4.69) is 6.92 Å². The molecule has 0 unspecified atom stereocenters. The zero-order chi connectivity index (χ0) is 11.0. The van der Waals surface area contributed by atoms with E-state index < -0.39 is 10.8 Å². The largest absolute Gasteiger partial charge is 0.462 e. The third kappa shape index (κ3) is 7.15. The van der Waals surface area contributed by atoms with Crippen molar-refractivity contribution in [3.05, 3.63) is 0 Å². The molecule has 0 aliphatic heterocycles. The van der Waals surface area contributed by atoms with Gasteiger partial charge in [-0.25, -0.2) is 0 Å². The van der Waals surface area contributed by atoms with Crippen LogP contribution in [0.4, 0.5) is 0 Å². The molecule has 0 atom stereocenters. The maximum Gasteiger partial charge on any atom is 0.326 e. The van der Waals surface area contributed by atoms with Crippen LogP contribution in [0.5, 0.6) is 0 Å². The summed E-state index contributed by atoms with van der Waals surface area (Å²) in [5.41, 5.74) is 0. The molecule has 0 saturated carbocycles. The fourth-order valence-corrected chi connectivity index (χ4v) is 0.768. The first kappa shape index (κ1) is 13.7. The van der Waals surface area contributed by atoms with E-state index in [0.717, 1.165) is 19.4 Å². The molecular formula is C10H19ClO3. The topological polar surface area (TPSA) is 35.5 Å². The number of carbonyl (C=O) groups is 1. The van der Waals surface area contributed by atoms with Crippen LogP contribution in [-0.4, -0.2) is 30.7 Å². The SMILES string of the molecule is CCCCOCCOC(=O)C(C)(C)Cl. The Labute approximate surface area is 90.7 Å². The smallest absolute Gasteiger partial charge is 0.326 e. The van der Waals surface area contributed by atoms with Gasteiger partial charge in [0.2, 0.25) is 0 Å². The monoisotopic (exact) mass is 222 g/mol. The highest BCUT2D eigenvalue weighted by Gasteiger charge is 2.25. The number of ether oxygens (including phenoxy) is 2. The summed E-state index contributed by atoms with van der Waals surface area (Å²) in [5.74, 6) is -0.404. The molecule has 0 heterocycles. The van der Waals surface area contributed by atoms with Crippen molar-refractivity contribution in [3.63, 3.8) is 0 Å². The number of halogens is 1. The summed E-state index contributed by atoms with van der Waals surface area (Å²) >= 11 is 5.73. The van der Waals surface area contributed by atoms with Crippen molar-refractivity contribution in [2.24, 2.45) is 0 Å². The van der Waals surface area contributed by atoms with Crippen LogP contribution in [0, 0.1) is 0 Å². The van der Waals surface area contributed by atoms with Crippen LogP contribution >= 0.6 is 11.6 Å². The van der Waals surface area contributed by atoms with Crippen molar-refractivity contribution < 1.29 is 14.3 Å². The zero-order valence-corrected chi connectivity index (χ0v) is 9.89. The maximum atomic E-state index is 11.1. The third-order valence-corrected chi connectivity index (χ3v) is 1.74. The standard InChI is InChI=1S/C10H19ClO3/c1-4-5-6-13-7-8-14-9(12)10(2,3)11/h4-8H2,1-3H3. The number of hydrogen-bond donors (Lipinski definition) is 0. The number of carbonyl (C=O) groups excluding carboxylic acids is 1. The molecule has 0 N–H and O–H groups in total. The Kier molecular flexibility index (Phi) is 6.93. The van der Waals surface area contributed by atoms with Crippen molar-refractivity contribution in [1.82, 2.24) is 0 Å². The normalized spacial score (nSPS) is 11.4. The molecule has 0 aliphatic rings. The first-order chi connectivity index (χ1) is 6.48. The van der Waals surface area contributed by atoms with Crippen molar-refractivity contribution in [1.29, 1.82) is 0 Å². The molecule has 0 fully saturated rings. The van der Waals surface area contributed by atoms with Crippen LogP contribution in [0.15, 0.2) is 0 Å². The van der Waals surface area contributed by atoms with Gasteiger partial charge in [0.05, 0.1) is 6.61 Å². The predicted octanol–water partition coefficient (Wildman–Crippen LogP) is 2.36. The van der Waals surface area contributed by atoms with Gasteiger partial charge in [0.15, 0.2) is 0 Å². The second kappa shape index (κ2) is 7.07. The molecule has 0 radical (unpaired) electrons. The highest BCUT2D eigenvalue weighted by Crippen LogP contribution is 2.14. The fourth-order valence-electron chi connectivity index (χ4n) is 0.713. The van der Waals surface area contributed by atoms with Crippen LogP contribution in [0.25, 0.3) is 0 Å². The van der Waals surface area contributed by atoms with Gasteiger partial charge in [0, 0.05) is 6.61 Å². The van der Waals surface area contributed by atoms with Crippen molar-refractivity contribution in [2.45, 2.75) is 38.5 Å². The van der Waals surface area contributed by atoms with Crippen LogP contribution in [0.2, 0.25) is 0 Å². The van der Waals surface area contributed by atoms with Gasteiger partial charge in [-0.15, -0.1) is 11.6 Å². The van der Waals surface area contributed by atoms with E-state index in [1.165, 1.54) is 0 Å². The summed E-state index contributed by atoms with van der Waals surface area (Å²) in [7, 11) is 0.